The molecule has 0 spiro atoms. The second kappa shape index (κ2) is 7.61. The molecule has 2 aromatic rings. The fraction of sp³-hybridized carbons (Fsp3) is 0.444. The Kier molecular flexibility index (Phi) is 5.81. The molecule has 0 aliphatic rings. The highest BCUT2D eigenvalue weighted by Gasteiger charge is 2.36. The third kappa shape index (κ3) is 4.87. The van der Waals surface area contributed by atoms with Crippen LogP contribution in [0.1, 0.15) is 56.5 Å². The summed E-state index contributed by atoms with van der Waals surface area (Å²) in [5.41, 5.74) is -1.64. The lowest BCUT2D eigenvalue weighted by Crippen LogP contribution is -2.23. The third-order valence-electron chi connectivity index (χ3n) is 3.65. The predicted molar refractivity (Wildman–Crippen MR) is 94.5 cm³/mol. The van der Waals surface area contributed by atoms with Gasteiger partial charge in [-0.3, -0.25) is 4.79 Å². The summed E-state index contributed by atoms with van der Waals surface area (Å²) >= 11 is 0. The van der Waals surface area contributed by atoms with E-state index in [-0.39, 0.29) is 29.3 Å². The van der Waals surface area contributed by atoms with Crippen LogP contribution in [-0.4, -0.2) is 33.1 Å². The van der Waals surface area contributed by atoms with Gasteiger partial charge in [0.1, 0.15) is 5.69 Å². The first-order chi connectivity index (χ1) is 12.8. The number of fused-ring (bicyclic) bond motifs is 1. The van der Waals surface area contributed by atoms with Crippen LogP contribution in [0.5, 0.6) is 0 Å². The lowest BCUT2D eigenvalue weighted by atomic mass is 9.91. The SMILES string of the molecule is CCOC(=O)/C=C(\C)NC(=O)c1cc2nc(C(C)(C)C)cc(C(F)(F)F)n2n1. The molecule has 0 atom stereocenters. The number of ether oxygens (including phenoxy) is 1. The maximum atomic E-state index is 13.5. The summed E-state index contributed by atoms with van der Waals surface area (Å²) in [5, 5.41) is 6.14. The van der Waals surface area contributed by atoms with E-state index in [1.54, 1.807) is 27.7 Å². The lowest BCUT2D eigenvalue weighted by molar-refractivity contribution is -0.142. The molecule has 0 unspecified atom stereocenters. The van der Waals surface area contributed by atoms with Gasteiger partial charge in [0, 0.05) is 23.3 Å². The fourth-order valence-corrected chi connectivity index (χ4v) is 2.31. The number of halogens is 3. The number of nitrogens with one attached hydrogen (secondary N) is 1. The Morgan fingerprint density at radius 3 is 2.43 bits per heavy atom. The van der Waals surface area contributed by atoms with Crippen LogP contribution in [0.25, 0.3) is 5.65 Å². The summed E-state index contributed by atoms with van der Waals surface area (Å²) in [4.78, 5) is 27.9. The number of esters is 1. The van der Waals surface area contributed by atoms with E-state index >= 15 is 0 Å². The molecule has 10 heteroatoms. The third-order valence-corrected chi connectivity index (χ3v) is 3.65. The molecule has 0 saturated heterocycles. The van der Waals surface area contributed by atoms with Crippen molar-refractivity contribution in [3.63, 3.8) is 0 Å². The van der Waals surface area contributed by atoms with E-state index < -0.39 is 29.2 Å². The zero-order valence-corrected chi connectivity index (χ0v) is 16.1. The Bertz CT molecular complexity index is 940. The molecular weight excluding hydrogens is 377 g/mol. The van der Waals surface area contributed by atoms with E-state index in [1.807, 2.05) is 0 Å². The molecule has 2 heterocycles. The first-order valence-electron chi connectivity index (χ1n) is 8.48. The number of rotatable bonds is 4. The van der Waals surface area contributed by atoms with Gasteiger partial charge in [0.25, 0.3) is 5.91 Å². The maximum Gasteiger partial charge on any atom is 0.433 e. The van der Waals surface area contributed by atoms with Crippen molar-refractivity contribution in [1.29, 1.82) is 0 Å². The molecule has 2 aromatic heterocycles. The number of nitrogens with zero attached hydrogens (tertiary/aromatic N) is 3. The van der Waals surface area contributed by atoms with E-state index in [1.165, 1.54) is 6.92 Å². The summed E-state index contributed by atoms with van der Waals surface area (Å²) in [5.74, 6) is -1.42. The van der Waals surface area contributed by atoms with Gasteiger partial charge in [0.05, 0.1) is 12.3 Å². The topological polar surface area (TPSA) is 85.6 Å². The van der Waals surface area contributed by atoms with Crippen molar-refractivity contribution in [2.24, 2.45) is 0 Å². The van der Waals surface area contributed by atoms with Crippen LogP contribution in [0.15, 0.2) is 23.9 Å². The second-order valence-corrected chi connectivity index (χ2v) is 7.11. The molecule has 0 bridgehead atoms. The lowest BCUT2D eigenvalue weighted by Gasteiger charge is -2.19. The summed E-state index contributed by atoms with van der Waals surface area (Å²) in [6.45, 7) is 8.46. The van der Waals surface area contributed by atoms with Gasteiger partial charge in [-0.2, -0.15) is 18.3 Å². The largest absolute Gasteiger partial charge is 0.463 e. The van der Waals surface area contributed by atoms with Gasteiger partial charge in [0.2, 0.25) is 0 Å². The molecule has 0 aliphatic carbocycles. The first-order valence-corrected chi connectivity index (χ1v) is 8.48. The monoisotopic (exact) mass is 398 g/mol. The minimum atomic E-state index is -4.68. The van der Waals surface area contributed by atoms with Gasteiger partial charge in [-0.15, -0.1) is 0 Å². The van der Waals surface area contributed by atoms with Crippen LogP contribution in [-0.2, 0) is 21.1 Å². The van der Waals surface area contributed by atoms with Crippen molar-refractivity contribution in [2.75, 3.05) is 6.61 Å². The highest BCUT2D eigenvalue weighted by Crippen LogP contribution is 2.32. The van der Waals surface area contributed by atoms with Gasteiger partial charge in [-0.25, -0.2) is 14.3 Å². The second-order valence-electron chi connectivity index (χ2n) is 7.11. The van der Waals surface area contributed by atoms with E-state index in [2.05, 4.69) is 15.4 Å². The molecule has 0 aliphatic heterocycles. The molecular formula is C18H21F3N4O3. The van der Waals surface area contributed by atoms with Crippen LogP contribution in [0, 0.1) is 0 Å². The van der Waals surface area contributed by atoms with Crippen molar-refractivity contribution in [3.05, 3.63) is 41.0 Å². The van der Waals surface area contributed by atoms with Gasteiger partial charge < -0.3 is 10.1 Å². The van der Waals surface area contributed by atoms with Crippen LogP contribution in [0.2, 0.25) is 0 Å². The average molecular weight is 398 g/mol. The Morgan fingerprint density at radius 1 is 1.25 bits per heavy atom. The Hall–Kier alpha value is -2.91. The number of allylic oxidation sites excluding steroid dienone is 1. The maximum absolute atomic E-state index is 13.5. The smallest absolute Gasteiger partial charge is 0.433 e. The number of amides is 1. The Morgan fingerprint density at radius 2 is 1.89 bits per heavy atom. The van der Waals surface area contributed by atoms with Gasteiger partial charge in [-0.1, -0.05) is 20.8 Å². The van der Waals surface area contributed by atoms with Crippen LogP contribution in [0.4, 0.5) is 13.2 Å². The molecule has 0 saturated carbocycles. The fourth-order valence-electron chi connectivity index (χ4n) is 2.31. The zero-order chi connectivity index (χ0) is 21.3. The normalized spacial score (nSPS) is 12.9. The van der Waals surface area contributed by atoms with E-state index in [0.717, 1.165) is 18.2 Å². The quantitative estimate of drug-likeness (QED) is 0.631. The molecule has 0 radical (unpaired) electrons. The first kappa shape index (κ1) is 21.4. The summed E-state index contributed by atoms with van der Waals surface area (Å²) in [7, 11) is 0. The minimum Gasteiger partial charge on any atom is -0.463 e. The number of aromatic nitrogens is 3. The molecule has 7 nitrogen and oxygen atoms in total. The molecule has 2 rings (SSSR count). The van der Waals surface area contributed by atoms with Crippen molar-refractivity contribution in [1.82, 2.24) is 19.9 Å². The summed E-state index contributed by atoms with van der Waals surface area (Å²) in [6.07, 6.45) is -3.62. The molecule has 0 aromatic carbocycles. The molecule has 152 valence electrons. The summed E-state index contributed by atoms with van der Waals surface area (Å²) < 4.78 is 45.7. The van der Waals surface area contributed by atoms with Crippen molar-refractivity contribution in [3.8, 4) is 0 Å². The van der Waals surface area contributed by atoms with Crippen molar-refractivity contribution >= 4 is 17.5 Å². The number of hydrogen-bond acceptors (Lipinski definition) is 5. The van der Waals surface area contributed by atoms with Crippen LogP contribution >= 0.6 is 0 Å². The number of hydrogen-bond donors (Lipinski definition) is 1. The molecule has 1 amide bonds. The molecule has 28 heavy (non-hydrogen) atoms. The number of carbonyl (C=O) groups excluding carboxylic acids is 2. The van der Waals surface area contributed by atoms with E-state index in [4.69, 9.17) is 4.74 Å². The zero-order valence-electron chi connectivity index (χ0n) is 16.1. The van der Waals surface area contributed by atoms with Crippen LogP contribution < -0.4 is 5.32 Å². The molecule has 1 N–H and O–H groups in total. The van der Waals surface area contributed by atoms with Crippen molar-refractivity contribution in [2.45, 2.75) is 46.2 Å². The van der Waals surface area contributed by atoms with Crippen molar-refractivity contribution < 1.29 is 27.5 Å². The van der Waals surface area contributed by atoms with Gasteiger partial charge >= 0.3 is 12.1 Å². The Labute approximate surface area is 159 Å². The standard InChI is InChI=1S/C18H21F3N4O3/c1-6-28-15(26)7-10(2)22-16(27)11-8-14-23-12(17(3,4)5)9-13(18(19,20)21)25(14)24-11/h7-9H,6H2,1-5H3,(H,22,27)/b10-7+. The predicted octanol–water partition coefficient (Wildman–Crippen LogP) is 3.24. The molecule has 0 fully saturated rings. The summed E-state index contributed by atoms with van der Waals surface area (Å²) in [6, 6.07) is 2.09. The van der Waals surface area contributed by atoms with Crippen LogP contribution in [0.3, 0.4) is 0 Å². The van der Waals surface area contributed by atoms with Gasteiger partial charge in [-0.05, 0) is 19.9 Å². The minimum absolute atomic E-state index is 0.100. The highest BCUT2D eigenvalue weighted by atomic mass is 19.4. The number of carbonyl (C=O) groups is 2. The van der Waals surface area contributed by atoms with E-state index in [0.29, 0.717) is 4.52 Å². The highest BCUT2D eigenvalue weighted by molar-refractivity contribution is 5.95. The van der Waals surface area contributed by atoms with Gasteiger partial charge in [0.15, 0.2) is 11.3 Å². The average Bonchev–Trinajstić information content (AvgIpc) is 2.96. The number of alkyl halides is 3. The van der Waals surface area contributed by atoms with E-state index in [9.17, 15) is 22.8 Å². The Balaban J connectivity index is 2.45.